The Morgan fingerprint density at radius 3 is 2.57 bits per heavy atom. The summed E-state index contributed by atoms with van der Waals surface area (Å²) in [5.74, 6) is -0.161. The van der Waals surface area contributed by atoms with Crippen LogP contribution in [0, 0.1) is 0 Å². The second-order valence-corrected chi connectivity index (χ2v) is 4.86. The third-order valence-electron chi connectivity index (χ3n) is 2.98. The molecule has 0 radical (unpaired) electrons. The van der Waals surface area contributed by atoms with E-state index in [1.54, 1.807) is 13.0 Å². The topological polar surface area (TPSA) is 30.5 Å². The van der Waals surface area contributed by atoms with E-state index in [0.717, 1.165) is 19.0 Å². The molecule has 120 valence electrons. The van der Waals surface area contributed by atoms with Crippen LogP contribution in [0.15, 0.2) is 18.2 Å². The Hall–Kier alpha value is -1.27. The third kappa shape index (κ3) is 5.93. The van der Waals surface area contributed by atoms with Crippen LogP contribution in [0.3, 0.4) is 0 Å². The smallest absolute Gasteiger partial charge is 0.419 e. The lowest BCUT2D eigenvalue weighted by molar-refractivity contribution is -0.139. The van der Waals surface area contributed by atoms with Crippen molar-refractivity contribution in [1.29, 1.82) is 0 Å². The summed E-state index contributed by atoms with van der Waals surface area (Å²) in [6, 6.07) is 4.15. The zero-order valence-electron chi connectivity index (χ0n) is 12.6. The predicted molar refractivity (Wildman–Crippen MR) is 75.4 cm³/mol. The molecule has 0 fully saturated rings. The van der Waals surface area contributed by atoms with E-state index in [-0.39, 0.29) is 18.5 Å². The number of hydrogen-bond donors (Lipinski definition) is 1. The third-order valence-corrected chi connectivity index (χ3v) is 2.98. The Bertz CT molecular complexity index is 435. The van der Waals surface area contributed by atoms with Gasteiger partial charge in [0.25, 0.3) is 0 Å². The van der Waals surface area contributed by atoms with Crippen molar-refractivity contribution in [3.05, 3.63) is 29.3 Å². The molecule has 0 aliphatic rings. The van der Waals surface area contributed by atoms with Crippen molar-refractivity contribution in [1.82, 2.24) is 5.32 Å². The summed E-state index contributed by atoms with van der Waals surface area (Å²) in [6.45, 7) is 4.99. The zero-order valence-corrected chi connectivity index (χ0v) is 12.6. The van der Waals surface area contributed by atoms with Crippen molar-refractivity contribution in [2.24, 2.45) is 0 Å². The number of alkyl halides is 3. The molecule has 1 atom stereocenters. The van der Waals surface area contributed by atoms with Gasteiger partial charge in [-0.2, -0.15) is 13.2 Å². The molecule has 0 aliphatic heterocycles. The normalized spacial score (nSPS) is 13.2. The molecule has 0 heterocycles. The van der Waals surface area contributed by atoms with Crippen molar-refractivity contribution in [2.45, 2.75) is 39.1 Å². The number of rotatable bonds is 8. The average molecular weight is 305 g/mol. The largest absolute Gasteiger partial charge is 0.490 e. The van der Waals surface area contributed by atoms with Gasteiger partial charge in [-0.15, -0.1) is 0 Å². The molecule has 3 nitrogen and oxygen atoms in total. The first-order valence-electron chi connectivity index (χ1n) is 6.95. The van der Waals surface area contributed by atoms with Gasteiger partial charge in [0.15, 0.2) is 0 Å². The lowest BCUT2D eigenvalue weighted by Crippen LogP contribution is -2.19. The Morgan fingerprint density at radius 2 is 2.00 bits per heavy atom. The highest BCUT2D eigenvalue weighted by Crippen LogP contribution is 2.37. The van der Waals surface area contributed by atoms with E-state index in [0.29, 0.717) is 12.1 Å². The Balaban J connectivity index is 2.87. The molecule has 1 unspecified atom stereocenters. The van der Waals surface area contributed by atoms with Gasteiger partial charge < -0.3 is 14.8 Å². The van der Waals surface area contributed by atoms with Crippen LogP contribution in [-0.2, 0) is 17.5 Å². The highest BCUT2D eigenvalue weighted by Gasteiger charge is 2.34. The molecular weight excluding hydrogens is 283 g/mol. The van der Waals surface area contributed by atoms with E-state index in [1.165, 1.54) is 13.2 Å². The summed E-state index contributed by atoms with van der Waals surface area (Å²) in [7, 11) is 1.49. The molecular formula is C15H22F3NO2. The summed E-state index contributed by atoms with van der Waals surface area (Å²) in [4.78, 5) is 0. The molecule has 21 heavy (non-hydrogen) atoms. The van der Waals surface area contributed by atoms with Gasteiger partial charge in [0.1, 0.15) is 12.4 Å². The lowest BCUT2D eigenvalue weighted by Gasteiger charge is -2.17. The van der Waals surface area contributed by atoms with Crippen molar-refractivity contribution in [2.75, 3.05) is 20.3 Å². The Morgan fingerprint density at radius 1 is 1.29 bits per heavy atom. The number of halogens is 3. The SMILES string of the molecule is CCCNCc1ccc(OCC(C)OC)c(C(F)(F)F)c1. The predicted octanol–water partition coefficient (Wildman–Crippen LogP) is 3.62. The molecule has 0 spiro atoms. The van der Waals surface area contributed by atoms with Gasteiger partial charge in [-0.05, 0) is 37.6 Å². The second kappa shape index (κ2) is 8.24. The molecule has 0 bridgehead atoms. The molecule has 0 aliphatic carbocycles. The maximum absolute atomic E-state index is 13.1. The van der Waals surface area contributed by atoms with Crippen molar-refractivity contribution >= 4 is 0 Å². The van der Waals surface area contributed by atoms with Crippen LogP contribution in [0.4, 0.5) is 13.2 Å². The van der Waals surface area contributed by atoms with Crippen LogP contribution >= 0.6 is 0 Å². The average Bonchev–Trinajstić information content (AvgIpc) is 2.44. The molecule has 0 aromatic heterocycles. The van der Waals surface area contributed by atoms with E-state index in [2.05, 4.69) is 5.32 Å². The maximum atomic E-state index is 13.1. The minimum absolute atomic E-state index is 0.0764. The van der Waals surface area contributed by atoms with Gasteiger partial charge in [0.2, 0.25) is 0 Å². The van der Waals surface area contributed by atoms with Crippen LogP contribution in [0.2, 0.25) is 0 Å². The molecule has 1 aromatic rings. The summed E-state index contributed by atoms with van der Waals surface area (Å²) in [6.07, 6.45) is -3.77. The fourth-order valence-corrected chi connectivity index (χ4v) is 1.72. The highest BCUT2D eigenvalue weighted by molar-refractivity contribution is 5.39. The number of ether oxygens (including phenoxy) is 2. The lowest BCUT2D eigenvalue weighted by atomic mass is 10.1. The number of methoxy groups -OCH3 is 1. The Labute approximate surface area is 123 Å². The zero-order chi connectivity index (χ0) is 15.9. The quantitative estimate of drug-likeness (QED) is 0.744. The summed E-state index contributed by atoms with van der Waals surface area (Å²) < 4.78 is 49.5. The maximum Gasteiger partial charge on any atom is 0.419 e. The number of benzene rings is 1. The molecule has 0 saturated heterocycles. The number of nitrogens with one attached hydrogen (secondary N) is 1. The highest BCUT2D eigenvalue weighted by atomic mass is 19.4. The second-order valence-electron chi connectivity index (χ2n) is 4.86. The summed E-state index contributed by atoms with van der Waals surface area (Å²) >= 11 is 0. The first-order valence-corrected chi connectivity index (χ1v) is 6.95. The van der Waals surface area contributed by atoms with Gasteiger partial charge in [-0.1, -0.05) is 13.0 Å². The first kappa shape index (κ1) is 17.8. The number of hydrogen-bond acceptors (Lipinski definition) is 3. The van der Waals surface area contributed by atoms with Gasteiger partial charge in [0.05, 0.1) is 11.7 Å². The van der Waals surface area contributed by atoms with Crippen LogP contribution < -0.4 is 10.1 Å². The minimum atomic E-state index is -4.44. The van der Waals surface area contributed by atoms with E-state index in [4.69, 9.17) is 9.47 Å². The van der Waals surface area contributed by atoms with E-state index in [1.807, 2.05) is 6.92 Å². The molecule has 1 aromatic carbocycles. The van der Waals surface area contributed by atoms with Crippen molar-refractivity contribution in [3.8, 4) is 5.75 Å². The monoisotopic (exact) mass is 305 g/mol. The van der Waals surface area contributed by atoms with Crippen LogP contribution in [-0.4, -0.2) is 26.4 Å². The van der Waals surface area contributed by atoms with Gasteiger partial charge >= 0.3 is 6.18 Å². The summed E-state index contributed by atoms with van der Waals surface area (Å²) in [5, 5.41) is 3.08. The van der Waals surface area contributed by atoms with E-state index in [9.17, 15) is 13.2 Å². The van der Waals surface area contributed by atoms with Gasteiger partial charge in [-0.25, -0.2) is 0 Å². The van der Waals surface area contributed by atoms with Crippen LogP contribution in [0.5, 0.6) is 5.75 Å². The van der Waals surface area contributed by atoms with Crippen molar-refractivity contribution < 1.29 is 22.6 Å². The van der Waals surface area contributed by atoms with Gasteiger partial charge in [0, 0.05) is 13.7 Å². The molecule has 6 heteroatoms. The molecule has 0 amide bonds. The molecule has 0 saturated carbocycles. The van der Waals surface area contributed by atoms with Crippen molar-refractivity contribution in [3.63, 3.8) is 0 Å². The van der Waals surface area contributed by atoms with E-state index >= 15 is 0 Å². The Kier molecular flexibility index (Phi) is 6.98. The fraction of sp³-hybridized carbons (Fsp3) is 0.600. The van der Waals surface area contributed by atoms with E-state index < -0.39 is 11.7 Å². The van der Waals surface area contributed by atoms with Gasteiger partial charge in [-0.3, -0.25) is 0 Å². The first-order chi connectivity index (χ1) is 9.88. The fourth-order valence-electron chi connectivity index (χ4n) is 1.72. The van der Waals surface area contributed by atoms with Crippen LogP contribution in [0.1, 0.15) is 31.4 Å². The standard InChI is InChI=1S/C15H22F3NO2/c1-4-7-19-9-12-5-6-14(21-10-11(2)20-3)13(8-12)15(16,17)18/h5-6,8,11,19H,4,7,9-10H2,1-3H3. The molecule has 1 rings (SSSR count). The minimum Gasteiger partial charge on any atom is -0.490 e. The summed E-state index contributed by atoms with van der Waals surface area (Å²) in [5.41, 5.74) is -0.162. The molecule has 1 N–H and O–H groups in total. The van der Waals surface area contributed by atoms with Crippen LogP contribution in [0.25, 0.3) is 0 Å².